The lowest BCUT2D eigenvalue weighted by Gasteiger charge is -2.08. The Morgan fingerprint density at radius 3 is 2.89 bits per heavy atom. The Balaban J connectivity index is 1.50. The molecule has 0 unspecified atom stereocenters. The van der Waals surface area contributed by atoms with Gasteiger partial charge >= 0.3 is 0 Å². The van der Waals surface area contributed by atoms with Crippen LogP contribution < -0.4 is 5.32 Å². The van der Waals surface area contributed by atoms with Gasteiger partial charge in [0.15, 0.2) is 5.82 Å². The summed E-state index contributed by atoms with van der Waals surface area (Å²) in [5, 5.41) is 16.0. The summed E-state index contributed by atoms with van der Waals surface area (Å²) in [5.41, 5.74) is 4.14. The molecule has 0 radical (unpaired) electrons. The standard InChI is InChI=1S/C21H15FN4S/c22-12-3-4-18-15(7-12)21(26-25-18)24-17-5-6-23-19-8-13-16(11-1-2-11)10-27-20(13)9-14(17)19/h3-11H,1-2H2,(H2,23,24,25,26). The van der Waals surface area contributed by atoms with E-state index in [9.17, 15) is 4.39 Å². The average molecular weight is 374 g/mol. The molecule has 0 saturated heterocycles. The summed E-state index contributed by atoms with van der Waals surface area (Å²) < 4.78 is 14.9. The van der Waals surface area contributed by atoms with Crippen LogP contribution in [0.15, 0.2) is 48.0 Å². The molecule has 132 valence electrons. The fourth-order valence-corrected chi connectivity index (χ4v) is 4.78. The SMILES string of the molecule is Fc1ccc2[nH]nc(Nc3ccnc4cc5c(C6CC6)csc5cc34)c2c1. The Morgan fingerprint density at radius 2 is 2.00 bits per heavy atom. The molecule has 0 amide bonds. The molecule has 5 aromatic rings. The van der Waals surface area contributed by atoms with Crippen LogP contribution in [0.1, 0.15) is 24.3 Å². The van der Waals surface area contributed by atoms with Crippen LogP contribution in [-0.4, -0.2) is 15.2 Å². The van der Waals surface area contributed by atoms with Crippen LogP contribution in [0.5, 0.6) is 0 Å². The second-order valence-electron chi connectivity index (χ2n) is 7.08. The van der Waals surface area contributed by atoms with Crippen molar-refractivity contribution in [1.82, 2.24) is 15.2 Å². The molecule has 6 rings (SSSR count). The molecule has 2 N–H and O–H groups in total. The molecule has 1 saturated carbocycles. The van der Waals surface area contributed by atoms with Crippen molar-refractivity contribution in [3.8, 4) is 0 Å². The third-order valence-corrected chi connectivity index (χ3v) is 6.23. The highest BCUT2D eigenvalue weighted by atomic mass is 32.1. The fraction of sp³-hybridized carbons (Fsp3) is 0.143. The third kappa shape index (κ3) is 2.40. The number of rotatable bonds is 3. The van der Waals surface area contributed by atoms with Gasteiger partial charge in [-0.25, -0.2) is 4.39 Å². The first-order valence-electron chi connectivity index (χ1n) is 8.97. The molecule has 3 heterocycles. The number of aromatic amines is 1. The first-order chi connectivity index (χ1) is 13.3. The van der Waals surface area contributed by atoms with E-state index in [1.807, 2.05) is 6.07 Å². The number of pyridine rings is 1. The monoisotopic (exact) mass is 374 g/mol. The van der Waals surface area contributed by atoms with E-state index >= 15 is 0 Å². The van der Waals surface area contributed by atoms with Crippen molar-refractivity contribution in [2.75, 3.05) is 5.32 Å². The zero-order valence-electron chi connectivity index (χ0n) is 14.3. The van der Waals surface area contributed by atoms with E-state index in [4.69, 9.17) is 0 Å². The van der Waals surface area contributed by atoms with Gasteiger partial charge in [-0.1, -0.05) is 0 Å². The molecule has 2 aromatic carbocycles. The van der Waals surface area contributed by atoms with Crippen molar-refractivity contribution in [1.29, 1.82) is 0 Å². The maximum absolute atomic E-state index is 13.7. The quantitative estimate of drug-likeness (QED) is 0.402. The van der Waals surface area contributed by atoms with Crippen LogP contribution in [0.2, 0.25) is 0 Å². The Labute approximate surface area is 158 Å². The molecule has 1 aliphatic carbocycles. The summed E-state index contributed by atoms with van der Waals surface area (Å²) in [6, 6.07) is 10.9. The highest BCUT2D eigenvalue weighted by molar-refractivity contribution is 7.17. The first kappa shape index (κ1) is 15.1. The van der Waals surface area contributed by atoms with Gasteiger partial charge in [-0.15, -0.1) is 11.3 Å². The summed E-state index contributed by atoms with van der Waals surface area (Å²) in [6.45, 7) is 0. The number of hydrogen-bond acceptors (Lipinski definition) is 4. The number of hydrogen-bond donors (Lipinski definition) is 2. The van der Waals surface area contributed by atoms with E-state index in [-0.39, 0.29) is 5.82 Å². The van der Waals surface area contributed by atoms with Crippen molar-refractivity contribution in [2.45, 2.75) is 18.8 Å². The van der Waals surface area contributed by atoms with Gasteiger partial charge in [0.25, 0.3) is 0 Å². The number of nitrogens with zero attached hydrogens (tertiary/aromatic N) is 2. The van der Waals surface area contributed by atoms with E-state index in [0.717, 1.165) is 33.4 Å². The summed E-state index contributed by atoms with van der Waals surface area (Å²) in [4.78, 5) is 4.57. The minimum Gasteiger partial charge on any atom is -0.338 e. The van der Waals surface area contributed by atoms with Crippen LogP contribution >= 0.6 is 11.3 Å². The molecule has 27 heavy (non-hydrogen) atoms. The van der Waals surface area contributed by atoms with E-state index in [2.05, 4.69) is 38.0 Å². The highest BCUT2D eigenvalue weighted by Gasteiger charge is 2.26. The largest absolute Gasteiger partial charge is 0.338 e. The number of nitrogens with one attached hydrogen (secondary N) is 2. The Hall–Kier alpha value is -2.99. The predicted molar refractivity (Wildman–Crippen MR) is 108 cm³/mol. The topological polar surface area (TPSA) is 53.6 Å². The molecular weight excluding hydrogens is 359 g/mol. The lowest BCUT2D eigenvalue weighted by molar-refractivity contribution is 0.630. The Bertz CT molecular complexity index is 1330. The van der Waals surface area contributed by atoms with E-state index in [0.29, 0.717) is 5.82 Å². The third-order valence-electron chi connectivity index (χ3n) is 5.26. The summed E-state index contributed by atoms with van der Waals surface area (Å²) >= 11 is 1.79. The lowest BCUT2D eigenvalue weighted by Crippen LogP contribution is -1.94. The molecule has 0 aliphatic heterocycles. The minimum atomic E-state index is -0.278. The number of benzene rings is 2. The van der Waals surface area contributed by atoms with Crippen molar-refractivity contribution in [3.63, 3.8) is 0 Å². The minimum absolute atomic E-state index is 0.278. The van der Waals surface area contributed by atoms with Crippen molar-refractivity contribution in [3.05, 3.63) is 59.4 Å². The second-order valence-corrected chi connectivity index (χ2v) is 7.99. The summed E-state index contributed by atoms with van der Waals surface area (Å²) in [7, 11) is 0. The molecule has 0 atom stereocenters. The Morgan fingerprint density at radius 1 is 1.07 bits per heavy atom. The molecule has 1 aliphatic rings. The number of fused-ring (bicyclic) bond motifs is 3. The number of halogens is 1. The average Bonchev–Trinajstić information content (AvgIpc) is 3.33. The van der Waals surface area contributed by atoms with Crippen LogP contribution in [0.25, 0.3) is 31.9 Å². The van der Waals surface area contributed by atoms with Crippen molar-refractivity contribution >= 4 is 54.7 Å². The molecule has 1 fully saturated rings. The number of anilines is 2. The van der Waals surface area contributed by atoms with E-state index < -0.39 is 0 Å². The van der Waals surface area contributed by atoms with Crippen molar-refractivity contribution in [2.24, 2.45) is 0 Å². The molecular formula is C21H15FN4S. The first-order valence-corrected chi connectivity index (χ1v) is 9.85. The van der Waals surface area contributed by atoms with Gasteiger partial charge in [-0.2, -0.15) is 5.10 Å². The summed E-state index contributed by atoms with van der Waals surface area (Å²) in [6.07, 6.45) is 4.39. The molecule has 0 bridgehead atoms. The van der Waals surface area contributed by atoms with Crippen molar-refractivity contribution < 1.29 is 4.39 Å². The van der Waals surface area contributed by atoms with Gasteiger partial charge in [0.1, 0.15) is 5.82 Å². The van der Waals surface area contributed by atoms with Gasteiger partial charge in [-0.3, -0.25) is 10.1 Å². The van der Waals surface area contributed by atoms with Crippen LogP contribution in [-0.2, 0) is 0 Å². The molecule has 6 heteroatoms. The van der Waals surface area contributed by atoms with Gasteiger partial charge in [-0.05, 0) is 71.5 Å². The zero-order valence-corrected chi connectivity index (χ0v) is 15.1. The number of thiophene rings is 1. The highest BCUT2D eigenvalue weighted by Crippen LogP contribution is 2.46. The predicted octanol–water partition coefficient (Wildman–Crippen LogP) is 6.09. The van der Waals surface area contributed by atoms with Crippen LogP contribution in [0.3, 0.4) is 0 Å². The molecule has 3 aromatic heterocycles. The smallest absolute Gasteiger partial charge is 0.160 e. The maximum Gasteiger partial charge on any atom is 0.160 e. The van der Waals surface area contributed by atoms with Gasteiger partial charge in [0.05, 0.1) is 16.7 Å². The Kier molecular flexibility index (Phi) is 3.08. The van der Waals surface area contributed by atoms with Crippen LogP contribution in [0.4, 0.5) is 15.9 Å². The maximum atomic E-state index is 13.7. The second kappa shape index (κ2) is 5.50. The van der Waals surface area contributed by atoms with Gasteiger partial charge in [0.2, 0.25) is 0 Å². The fourth-order valence-electron chi connectivity index (χ4n) is 3.71. The van der Waals surface area contributed by atoms with Gasteiger partial charge in [0, 0.05) is 21.7 Å². The normalized spacial score (nSPS) is 14.4. The zero-order chi connectivity index (χ0) is 18.0. The van der Waals surface area contributed by atoms with Gasteiger partial charge < -0.3 is 5.32 Å². The van der Waals surface area contributed by atoms with E-state index in [1.165, 1.54) is 40.6 Å². The lowest BCUT2D eigenvalue weighted by atomic mass is 10.1. The number of aromatic nitrogens is 3. The summed E-state index contributed by atoms with van der Waals surface area (Å²) in [5.74, 6) is 1.06. The number of H-pyrrole nitrogens is 1. The molecule has 4 nitrogen and oxygen atoms in total. The molecule has 0 spiro atoms. The van der Waals surface area contributed by atoms with E-state index in [1.54, 1.807) is 23.6 Å². The van der Waals surface area contributed by atoms with Crippen LogP contribution in [0, 0.1) is 5.82 Å².